The summed E-state index contributed by atoms with van der Waals surface area (Å²) in [6, 6.07) is 1.77. The highest BCUT2D eigenvalue weighted by Crippen LogP contribution is 2.25. The first-order chi connectivity index (χ1) is 8.74. The van der Waals surface area contributed by atoms with Gasteiger partial charge >= 0.3 is 0 Å². The molecule has 0 aromatic carbocycles. The number of hydrogen-bond donors (Lipinski definition) is 1. The van der Waals surface area contributed by atoms with Crippen molar-refractivity contribution >= 4 is 15.9 Å². The van der Waals surface area contributed by atoms with Crippen molar-refractivity contribution in [2.45, 2.75) is 19.4 Å². The SMILES string of the molecule is CCCNC(c1ncccn1)c1c(Br)cnn1C. The third kappa shape index (κ3) is 2.76. The topological polar surface area (TPSA) is 55.6 Å². The monoisotopic (exact) mass is 309 g/mol. The molecule has 0 saturated heterocycles. The molecule has 18 heavy (non-hydrogen) atoms. The van der Waals surface area contributed by atoms with E-state index in [1.807, 2.05) is 17.8 Å². The molecule has 0 bridgehead atoms. The Kier molecular flexibility index (Phi) is 4.43. The number of aryl methyl sites for hydroxylation is 1. The summed E-state index contributed by atoms with van der Waals surface area (Å²) in [5.74, 6) is 0.759. The molecule has 5 nitrogen and oxygen atoms in total. The van der Waals surface area contributed by atoms with Crippen molar-refractivity contribution in [2.24, 2.45) is 7.05 Å². The number of nitrogens with zero attached hydrogens (tertiary/aromatic N) is 4. The zero-order valence-corrected chi connectivity index (χ0v) is 12.1. The molecule has 0 aliphatic rings. The molecule has 0 amide bonds. The Bertz CT molecular complexity index is 477. The molecular weight excluding hydrogens is 294 g/mol. The number of hydrogen-bond acceptors (Lipinski definition) is 4. The van der Waals surface area contributed by atoms with E-state index >= 15 is 0 Å². The van der Waals surface area contributed by atoms with E-state index in [1.165, 1.54) is 0 Å². The van der Waals surface area contributed by atoms with Crippen LogP contribution < -0.4 is 5.32 Å². The molecule has 2 aromatic heterocycles. The van der Waals surface area contributed by atoms with E-state index in [4.69, 9.17) is 0 Å². The molecule has 0 aliphatic carbocycles. The van der Waals surface area contributed by atoms with Crippen LogP contribution in [0, 0.1) is 0 Å². The second-order valence-electron chi connectivity index (χ2n) is 4.00. The summed E-state index contributed by atoms with van der Waals surface area (Å²) in [5, 5.41) is 7.70. The van der Waals surface area contributed by atoms with Crippen LogP contribution in [0.5, 0.6) is 0 Å². The summed E-state index contributed by atoms with van der Waals surface area (Å²) in [6.07, 6.45) is 6.36. The number of halogens is 1. The quantitative estimate of drug-likeness (QED) is 0.918. The van der Waals surface area contributed by atoms with Gasteiger partial charge in [-0.15, -0.1) is 0 Å². The second-order valence-corrected chi connectivity index (χ2v) is 4.85. The summed E-state index contributed by atoms with van der Waals surface area (Å²) in [5.41, 5.74) is 1.04. The van der Waals surface area contributed by atoms with Crippen LogP contribution in [0.25, 0.3) is 0 Å². The lowest BCUT2D eigenvalue weighted by molar-refractivity contribution is 0.530. The maximum Gasteiger partial charge on any atom is 0.151 e. The molecule has 96 valence electrons. The largest absolute Gasteiger partial charge is 0.302 e. The average Bonchev–Trinajstić information content (AvgIpc) is 2.72. The first kappa shape index (κ1) is 13.2. The van der Waals surface area contributed by atoms with Crippen molar-refractivity contribution in [2.75, 3.05) is 6.54 Å². The van der Waals surface area contributed by atoms with Crippen LogP contribution in [-0.4, -0.2) is 26.3 Å². The highest BCUT2D eigenvalue weighted by molar-refractivity contribution is 9.10. The fourth-order valence-corrected chi connectivity index (χ4v) is 2.38. The molecule has 1 atom stereocenters. The van der Waals surface area contributed by atoms with Crippen LogP contribution in [0.15, 0.2) is 29.1 Å². The normalized spacial score (nSPS) is 12.6. The fourth-order valence-electron chi connectivity index (χ4n) is 1.80. The highest BCUT2D eigenvalue weighted by atomic mass is 79.9. The van der Waals surface area contributed by atoms with Gasteiger partial charge in [-0.25, -0.2) is 9.97 Å². The Morgan fingerprint density at radius 3 is 2.67 bits per heavy atom. The lowest BCUT2D eigenvalue weighted by Gasteiger charge is -2.18. The maximum atomic E-state index is 4.33. The van der Waals surface area contributed by atoms with E-state index in [-0.39, 0.29) is 6.04 Å². The van der Waals surface area contributed by atoms with E-state index in [0.29, 0.717) is 0 Å². The second kappa shape index (κ2) is 6.06. The third-order valence-corrected chi connectivity index (χ3v) is 3.26. The third-order valence-electron chi connectivity index (χ3n) is 2.65. The molecule has 0 saturated carbocycles. The van der Waals surface area contributed by atoms with Gasteiger partial charge in [-0.1, -0.05) is 6.92 Å². The van der Waals surface area contributed by atoms with Gasteiger partial charge < -0.3 is 5.32 Å². The molecule has 2 heterocycles. The molecule has 2 rings (SSSR count). The minimum Gasteiger partial charge on any atom is -0.302 e. The molecule has 2 aromatic rings. The lowest BCUT2D eigenvalue weighted by Crippen LogP contribution is -2.27. The van der Waals surface area contributed by atoms with Gasteiger partial charge in [0.15, 0.2) is 5.82 Å². The van der Waals surface area contributed by atoms with E-state index < -0.39 is 0 Å². The first-order valence-corrected chi connectivity index (χ1v) is 6.71. The highest BCUT2D eigenvalue weighted by Gasteiger charge is 2.22. The van der Waals surface area contributed by atoms with E-state index in [2.05, 4.69) is 43.2 Å². The molecule has 0 spiro atoms. The van der Waals surface area contributed by atoms with Gasteiger partial charge in [-0.3, -0.25) is 4.68 Å². The van der Waals surface area contributed by atoms with Crippen molar-refractivity contribution in [3.8, 4) is 0 Å². The maximum absolute atomic E-state index is 4.33. The van der Waals surface area contributed by atoms with Crippen molar-refractivity contribution in [1.29, 1.82) is 0 Å². The van der Waals surface area contributed by atoms with Gasteiger partial charge in [0.2, 0.25) is 0 Å². The van der Waals surface area contributed by atoms with Gasteiger partial charge in [-0.2, -0.15) is 5.10 Å². The van der Waals surface area contributed by atoms with Crippen molar-refractivity contribution in [3.63, 3.8) is 0 Å². The van der Waals surface area contributed by atoms with Crippen LogP contribution in [0.4, 0.5) is 0 Å². The lowest BCUT2D eigenvalue weighted by atomic mass is 10.2. The fraction of sp³-hybridized carbons (Fsp3) is 0.417. The predicted octanol–water partition coefficient (Wildman–Crippen LogP) is 2.06. The van der Waals surface area contributed by atoms with Gasteiger partial charge in [0.25, 0.3) is 0 Å². The molecule has 6 heteroatoms. The molecule has 0 radical (unpaired) electrons. The average molecular weight is 310 g/mol. The Balaban J connectivity index is 2.37. The van der Waals surface area contributed by atoms with Crippen molar-refractivity contribution in [3.05, 3.63) is 40.6 Å². The number of nitrogens with one attached hydrogen (secondary N) is 1. The summed E-state index contributed by atoms with van der Waals surface area (Å²) in [7, 11) is 1.92. The number of rotatable bonds is 5. The standard InChI is InChI=1S/C12H16BrN5/c1-3-5-14-10(12-15-6-4-7-16-12)11-9(13)8-17-18(11)2/h4,6-8,10,14H,3,5H2,1-2H3. The molecule has 0 fully saturated rings. The summed E-state index contributed by atoms with van der Waals surface area (Å²) in [4.78, 5) is 8.67. The Hall–Kier alpha value is -1.27. The van der Waals surface area contributed by atoms with Crippen molar-refractivity contribution in [1.82, 2.24) is 25.1 Å². The van der Waals surface area contributed by atoms with E-state index in [9.17, 15) is 0 Å². The molecule has 1 N–H and O–H groups in total. The molecule has 0 aliphatic heterocycles. The summed E-state index contributed by atoms with van der Waals surface area (Å²) < 4.78 is 2.80. The van der Waals surface area contributed by atoms with Crippen LogP contribution in [0.3, 0.4) is 0 Å². The predicted molar refractivity (Wildman–Crippen MR) is 73.1 cm³/mol. The van der Waals surface area contributed by atoms with Crippen LogP contribution in [0.1, 0.15) is 30.9 Å². The minimum absolute atomic E-state index is 0.0481. The van der Waals surface area contributed by atoms with Crippen LogP contribution >= 0.6 is 15.9 Å². The van der Waals surface area contributed by atoms with E-state index in [0.717, 1.165) is 29.0 Å². The van der Waals surface area contributed by atoms with Gasteiger partial charge in [0.1, 0.15) is 6.04 Å². The molecule has 1 unspecified atom stereocenters. The van der Waals surface area contributed by atoms with Gasteiger partial charge in [0, 0.05) is 19.4 Å². The smallest absolute Gasteiger partial charge is 0.151 e. The summed E-state index contributed by atoms with van der Waals surface area (Å²) in [6.45, 7) is 3.04. The van der Waals surface area contributed by atoms with Gasteiger partial charge in [0.05, 0.1) is 16.4 Å². The summed E-state index contributed by atoms with van der Waals surface area (Å²) >= 11 is 3.53. The van der Waals surface area contributed by atoms with Gasteiger partial charge in [-0.05, 0) is 35.0 Å². The number of aromatic nitrogens is 4. The van der Waals surface area contributed by atoms with E-state index in [1.54, 1.807) is 18.6 Å². The molecular formula is C12H16BrN5. The van der Waals surface area contributed by atoms with Crippen molar-refractivity contribution < 1.29 is 0 Å². The zero-order chi connectivity index (χ0) is 13.0. The Morgan fingerprint density at radius 2 is 2.11 bits per heavy atom. The van der Waals surface area contributed by atoms with Crippen LogP contribution in [0.2, 0.25) is 0 Å². The van der Waals surface area contributed by atoms with Crippen LogP contribution in [-0.2, 0) is 7.05 Å². The first-order valence-electron chi connectivity index (χ1n) is 5.91. The minimum atomic E-state index is -0.0481. The zero-order valence-electron chi connectivity index (χ0n) is 10.5. The Labute approximate surface area is 115 Å². The Morgan fingerprint density at radius 1 is 1.39 bits per heavy atom.